The quantitative estimate of drug-likeness (QED) is 0.572. The second-order valence-corrected chi connectivity index (χ2v) is 11.3. The number of benzene rings is 1. The van der Waals surface area contributed by atoms with Gasteiger partial charge in [-0.15, -0.1) is 0 Å². The average molecular weight is 290 g/mol. The Morgan fingerprint density at radius 2 is 2.00 bits per heavy atom. The normalized spacial score (nSPS) is 11.7. The standard InChI is InChI=1S/C13H19ClFO2Si/c1-16-12-6-5-11(15)13(14)10(12)9-17-7-8-18(2,3)4/h5-6,9H,7-8H2,1-4H3. The fourth-order valence-corrected chi connectivity index (χ4v) is 2.27. The first kappa shape index (κ1) is 15.5. The molecule has 0 heterocycles. The van der Waals surface area contributed by atoms with E-state index in [0.717, 1.165) is 6.04 Å². The Bertz CT molecular complexity index is 405. The molecule has 1 aromatic rings. The Balaban J connectivity index is 2.64. The van der Waals surface area contributed by atoms with Gasteiger partial charge in [-0.2, -0.15) is 0 Å². The van der Waals surface area contributed by atoms with Crippen LogP contribution in [0.25, 0.3) is 0 Å². The van der Waals surface area contributed by atoms with E-state index in [2.05, 4.69) is 19.6 Å². The Kier molecular flexibility index (Phi) is 5.63. The van der Waals surface area contributed by atoms with Crippen LogP contribution in [0.5, 0.6) is 5.75 Å². The second-order valence-electron chi connectivity index (χ2n) is 5.28. The minimum absolute atomic E-state index is 0.0300. The Morgan fingerprint density at radius 1 is 1.33 bits per heavy atom. The minimum atomic E-state index is -1.13. The molecule has 0 aromatic heterocycles. The highest BCUT2D eigenvalue weighted by atomic mass is 35.5. The number of hydrogen-bond donors (Lipinski definition) is 0. The maximum absolute atomic E-state index is 13.3. The molecule has 0 spiro atoms. The first-order valence-corrected chi connectivity index (χ1v) is 9.90. The van der Waals surface area contributed by atoms with Gasteiger partial charge in [0, 0.05) is 20.2 Å². The zero-order chi connectivity index (χ0) is 13.8. The summed E-state index contributed by atoms with van der Waals surface area (Å²) in [5.41, 5.74) is 0.453. The van der Waals surface area contributed by atoms with Crippen LogP contribution in [0.15, 0.2) is 12.1 Å². The molecule has 0 N–H and O–H groups in total. The van der Waals surface area contributed by atoms with Crippen molar-refractivity contribution in [2.75, 3.05) is 13.7 Å². The number of halogens is 2. The van der Waals surface area contributed by atoms with E-state index in [-0.39, 0.29) is 5.02 Å². The van der Waals surface area contributed by atoms with Crippen LogP contribution in [0.4, 0.5) is 4.39 Å². The van der Waals surface area contributed by atoms with Gasteiger partial charge >= 0.3 is 0 Å². The Hall–Kier alpha value is -0.583. The molecule has 101 valence electrons. The molecular formula is C13H19ClFO2Si. The molecule has 0 aliphatic heterocycles. The molecule has 0 aliphatic rings. The minimum Gasteiger partial charge on any atom is -0.496 e. The lowest BCUT2D eigenvalue weighted by Gasteiger charge is -2.16. The van der Waals surface area contributed by atoms with Gasteiger partial charge in [-0.05, 0) is 18.2 Å². The average Bonchev–Trinajstić information content (AvgIpc) is 2.28. The zero-order valence-electron chi connectivity index (χ0n) is 11.2. The number of ether oxygens (including phenoxy) is 2. The van der Waals surface area contributed by atoms with Crippen LogP contribution < -0.4 is 4.74 Å². The maximum Gasteiger partial charge on any atom is 0.142 e. The van der Waals surface area contributed by atoms with E-state index in [1.54, 1.807) is 0 Å². The van der Waals surface area contributed by atoms with Gasteiger partial charge in [0.05, 0.1) is 12.1 Å². The number of rotatable bonds is 6. The van der Waals surface area contributed by atoms with Gasteiger partial charge in [0.25, 0.3) is 0 Å². The molecule has 1 radical (unpaired) electrons. The molecule has 0 saturated carbocycles. The molecule has 0 bridgehead atoms. The van der Waals surface area contributed by atoms with Crippen molar-refractivity contribution in [3.05, 3.63) is 35.1 Å². The molecule has 0 saturated heterocycles. The molecule has 1 aromatic carbocycles. The van der Waals surface area contributed by atoms with Gasteiger partial charge in [0.15, 0.2) is 0 Å². The summed E-state index contributed by atoms with van der Waals surface area (Å²) in [7, 11) is 0.392. The highest BCUT2D eigenvalue weighted by molar-refractivity contribution is 6.76. The molecule has 1 rings (SSSR count). The Labute approximate surface area is 114 Å². The third-order valence-electron chi connectivity index (χ3n) is 2.48. The van der Waals surface area contributed by atoms with E-state index in [1.807, 2.05) is 0 Å². The maximum atomic E-state index is 13.3. The monoisotopic (exact) mass is 289 g/mol. The fraction of sp³-hybridized carbons (Fsp3) is 0.462. The first-order valence-electron chi connectivity index (χ1n) is 5.82. The topological polar surface area (TPSA) is 18.5 Å². The van der Waals surface area contributed by atoms with Crippen LogP contribution in [0.3, 0.4) is 0 Å². The number of methoxy groups -OCH3 is 1. The lowest BCUT2D eigenvalue weighted by atomic mass is 10.2. The lowest BCUT2D eigenvalue weighted by molar-refractivity contribution is 0.226. The molecule has 0 fully saturated rings. The van der Waals surface area contributed by atoms with Gasteiger partial charge in [-0.1, -0.05) is 31.2 Å². The van der Waals surface area contributed by atoms with Gasteiger partial charge in [0.1, 0.15) is 18.2 Å². The summed E-state index contributed by atoms with van der Waals surface area (Å²) in [6.07, 6.45) is 0. The smallest absolute Gasteiger partial charge is 0.142 e. The summed E-state index contributed by atoms with van der Waals surface area (Å²) in [6, 6.07) is 3.86. The van der Waals surface area contributed by atoms with E-state index >= 15 is 0 Å². The van der Waals surface area contributed by atoms with Crippen molar-refractivity contribution in [3.8, 4) is 5.75 Å². The van der Waals surface area contributed by atoms with Gasteiger partial charge in [-0.3, -0.25) is 0 Å². The second kappa shape index (κ2) is 6.54. The summed E-state index contributed by atoms with van der Waals surface area (Å²) >= 11 is 5.89. The molecule has 0 amide bonds. The van der Waals surface area contributed by atoms with Crippen molar-refractivity contribution in [1.82, 2.24) is 0 Å². The lowest BCUT2D eigenvalue weighted by Crippen LogP contribution is -2.21. The molecular weight excluding hydrogens is 271 g/mol. The van der Waals surface area contributed by atoms with Crippen molar-refractivity contribution in [2.45, 2.75) is 25.7 Å². The van der Waals surface area contributed by atoms with Crippen molar-refractivity contribution < 1.29 is 13.9 Å². The van der Waals surface area contributed by atoms with E-state index in [0.29, 0.717) is 17.9 Å². The summed E-state index contributed by atoms with van der Waals surface area (Å²) in [5.74, 6) is 0.0342. The summed E-state index contributed by atoms with van der Waals surface area (Å²) in [6.45, 7) is 8.90. The van der Waals surface area contributed by atoms with E-state index in [1.165, 1.54) is 25.8 Å². The zero-order valence-corrected chi connectivity index (χ0v) is 13.0. The van der Waals surface area contributed by atoms with Gasteiger partial charge in [-0.25, -0.2) is 4.39 Å². The molecule has 18 heavy (non-hydrogen) atoms. The molecule has 0 atom stereocenters. The van der Waals surface area contributed by atoms with Crippen molar-refractivity contribution in [3.63, 3.8) is 0 Å². The highest BCUT2D eigenvalue weighted by Crippen LogP contribution is 2.30. The summed E-state index contributed by atoms with van der Waals surface area (Å²) < 4.78 is 23.9. The SMILES string of the molecule is COc1ccc(F)c(Cl)c1[CH]OCC[Si](C)(C)C. The first-order chi connectivity index (χ1) is 8.35. The largest absolute Gasteiger partial charge is 0.496 e. The fourth-order valence-electron chi connectivity index (χ4n) is 1.34. The number of hydrogen-bond acceptors (Lipinski definition) is 2. The van der Waals surface area contributed by atoms with Crippen LogP contribution in [0.1, 0.15) is 5.56 Å². The third-order valence-corrected chi connectivity index (χ3v) is 4.57. The predicted molar refractivity (Wildman–Crippen MR) is 75.5 cm³/mol. The molecule has 0 aliphatic carbocycles. The van der Waals surface area contributed by atoms with Crippen molar-refractivity contribution >= 4 is 19.7 Å². The van der Waals surface area contributed by atoms with Gasteiger partial charge in [0.2, 0.25) is 0 Å². The van der Waals surface area contributed by atoms with E-state index in [9.17, 15) is 4.39 Å². The molecule has 5 heteroatoms. The van der Waals surface area contributed by atoms with Crippen LogP contribution in [-0.2, 0) is 4.74 Å². The van der Waals surface area contributed by atoms with Gasteiger partial charge < -0.3 is 9.47 Å². The van der Waals surface area contributed by atoms with Crippen LogP contribution in [-0.4, -0.2) is 21.8 Å². The van der Waals surface area contributed by atoms with Crippen LogP contribution in [0.2, 0.25) is 30.7 Å². The van der Waals surface area contributed by atoms with Crippen molar-refractivity contribution in [1.29, 1.82) is 0 Å². The summed E-state index contributed by atoms with van der Waals surface area (Å²) in [5, 5.41) is 0.0300. The Morgan fingerprint density at radius 3 is 2.56 bits per heavy atom. The molecule has 0 unspecified atom stereocenters. The van der Waals surface area contributed by atoms with Crippen molar-refractivity contribution in [2.24, 2.45) is 0 Å². The van der Waals surface area contributed by atoms with E-state index < -0.39 is 13.9 Å². The highest BCUT2D eigenvalue weighted by Gasteiger charge is 2.15. The van der Waals surface area contributed by atoms with Crippen LogP contribution in [0, 0.1) is 12.4 Å². The van der Waals surface area contributed by atoms with Crippen LogP contribution >= 0.6 is 11.6 Å². The van der Waals surface area contributed by atoms with E-state index in [4.69, 9.17) is 21.1 Å². The predicted octanol–water partition coefficient (Wildman–Crippen LogP) is 4.35. The summed E-state index contributed by atoms with van der Waals surface area (Å²) in [4.78, 5) is 0. The third kappa shape index (κ3) is 4.59. The molecule has 2 nitrogen and oxygen atoms in total.